The Morgan fingerprint density at radius 2 is 1.95 bits per heavy atom. The topological polar surface area (TPSA) is 66.0 Å². The number of halogens is 1. The lowest BCUT2D eigenvalue weighted by molar-refractivity contribution is 0.0688. The minimum Gasteiger partial charge on any atom is -0.476 e. The first-order chi connectivity index (χ1) is 8.80. The Morgan fingerprint density at radius 3 is 2.42 bits per heavy atom. The molecule has 1 heterocycles. The Labute approximate surface area is 116 Å². The van der Waals surface area contributed by atoms with E-state index in [-0.39, 0.29) is 11.1 Å². The molecule has 0 saturated carbocycles. The monoisotopic (exact) mass is 278 g/mol. The van der Waals surface area contributed by atoms with E-state index in [2.05, 4.69) is 9.97 Å². The first-order valence-corrected chi connectivity index (χ1v) is 6.27. The summed E-state index contributed by atoms with van der Waals surface area (Å²) in [7, 11) is 0. The molecule has 2 N–H and O–H groups in total. The van der Waals surface area contributed by atoms with Crippen molar-refractivity contribution in [2.24, 2.45) is 0 Å². The number of benzene rings is 1. The van der Waals surface area contributed by atoms with Gasteiger partial charge in [-0.25, -0.2) is 9.78 Å². The summed E-state index contributed by atoms with van der Waals surface area (Å²) in [6, 6.07) is 7.20. The standard InChI is InChI=1S/C14H15ClN2O2/c1-14(2,3)11-10(13(18)19)16-12(17-11)8-6-4-5-7-9(8)15/h4-7H,1-3H3,(H,16,17)(H,18,19). The molecule has 1 aromatic carbocycles. The number of hydrogen-bond donors (Lipinski definition) is 2. The number of hydrogen-bond acceptors (Lipinski definition) is 2. The molecule has 1 aromatic heterocycles. The van der Waals surface area contributed by atoms with Crippen LogP contribution in [-0.2, 0) is 5.41 Å². The molecule has 0 unspecified atom stereocenters. The zero-order chi connectivity index (χ0) is 14.2. The van der Waals surface area contributed by atoms with Crippen LogP contribution in [-0.4, -0.2) is 21.0 Å². The van der Waals surface area contributed by atoms with Crippen LogP contribution in [0.25, 0.3) is 11.4 Å². The van der Waals surface area contributed by atoms with Crippen LogP contribution in [0.3, 0.4) is 0 Å². The van der Waals surface area contributed by atoms with Crippen LogP contribution < -0.4 is 0 Å². The van der Waals surface area contributed by atoms with Crippen molar-refractivity contribution >= 4 is 17.6 Å². The Bertz CT molecular complexity index is 627. The minimum atomic E-state index is -1.04. The number of rotatable bonds is 2. The van der Waals surface area contributed by atoms with Crippen LogP contribution in [0, 0.1) is 0 Å². The number of carboxylic acids is 1. The van der Waals surface area contributed by atoms with E-state index < -0.39 is 5.97 Å². The van der Waals surface area contributed by atoms with Crippen molar-refractivity contribution in [3.05, 3.63) is 40.7 Å². The highest BCUT2D eigenvalue weighted by atomic mass is 35.5. The van der Waals surface area contributed by atoms with Gasteiger partial charge in [-0.1, -0.05) is 44.5 Å². The summed E-state index contributed by atoms with van der Waals surface area (Å²) in [6.07, 6.45) is 0. The average Bonchev–Trinajstić information content (AvgIpc) is 2.74. The van der Waals surface area contributed by atoms with Crippen LogP contribution >= 0.6 is 11.6 Å². The number of aromatic nitrogens is 2. The third-order valence-corrected chi connectivity index (χ3v) is 3.11. The van der Waals surface area contributed by atoms with Gasteiger partial charge in [0.25, 0.3) is 0 Å². The molecule has 2 aromatic rings. The summed E-state index contributed by atoms with van der Waals surface area (Å²) >= 11 is 6.11. The Balaban J connectivity index is 2.62. The molecule has 4 nitrogen and oxygen atoms in total. The molecule has 100 valence electrons. The summed E-state index contributed by atoms with van der Waals surface area (Å²) in [6.45, 7) is 5.80. The second kappa shape index (κ2) is 4.70. The molecule has 19 heavy (non-hydrogen) atoms. The Hall–Kier alpha value is -1.81. The van der Waals surface area contributed by atoms with Crippen molar-refractivity contribution in [1.29, 1.82) is 0 Å². The Kier molecular flexibility index (Phi) is 3.37. The van der Waals surface area contributed by atoms with Gasteiger partial charge in [0, 0.05) is 11.0 Å². The molecule has 2 rings (SSSR count). The fraction of sp³-hybridized carbons (Fsp3) is 0.286. The summed E-state index contributed by atoms with van der Waals surface area (Å²) in [5, 5.41) is 9.78. The number of nitrogens with zero attached hydrogens (tertiary/aromatic N) is 1. The summed E-state index contributed by atoms with van der Waals surface area (Å²) in [4.78, 5) is 18.5. The van der Waals surface area contributed by atoms with Gasteiger partial charge in [-0.05, 0) is 12.1 Å². The van der Waals surface area contributed by atoms with E-state index in [1.54, 1.807) is 12.1 Å². The highest BCUT2D eigenvalue weighted by Gasteiger charge is 2.26. The maximum absolute atomic E-state index is 11.3. The molecule has 0 atom stereocenters. The van der Waals surface area contributed by atoms with Crippen LogP contribution in [0.2, 0.25) is 5.02 Å². The van der Waals surface area contributed by atoms with E-state index in [0.29, 0.717) is 22.1 Å². The fourth-order valence-electron chi connectivity index (χ4n) is 1.85. The summed E-state index contributed by atoms with van der Waals surface area (Å²) < 4.78 is 0. The van der Waals surface area contributed by atoms with E-state index >= 15 is 0 Å². The van der Waals surface area contributed by atoms with Gasteiger partial charge in [-0.3, -0.25) is 0 Å². The average molecular weight is 279 g/mol. The van der Waals surface area contributed by atoms with Gasteiger partial charge in [0.05, 0.1) is 10.7 Å². The van der Waals surface area contributed by atoms with Crippen LogP contribution in [0.15, 0.2) is 24.3 Å². The molecular weight excluding hydrogens is 264 g/mol. The van der Waals surface area contributed by atoms with Crippen LogP contribution in [0.1, 0.15) is 37.0 Å². The molecule has 0 saturated heterocycles. The van der Waals surface area contributed by atoms with Crippen molar-refractivity contribution < 1.29 is 9.90 Å². The van der Waals surface area contributed by atoms with Crippen molar-refractivity contribution in [2.45, 2.75) is 26.2 Å². The molecule has 0 spiro atoms. The summed E-state index contributed by atoms with van der Waals surface area (Å²) in [5.41, 5.74) is 1.000. The number of carboxylic acid groups (broad SMARTS) is 1. The molecule has 0 radical (unpaired) electrons. The van der Waals surface area contributed by atoms with Crippen molar-refractivity contribution in [3.8, 4) is 11.4 Å². The normalized spacial score (nSPS) is 11.6. The lowest BCUT2D eigenvalue weighted by atomic mass is 9.91. The Morgan fingerprint density at radius 1 is 1.32 bits per heavy atom. The smallest absolute Gasteiger partial charge is 0.356 e. The SMILES string of the molecule is CC(C)(C)c1[nH]c(-c2ccccc2Cl)nc1C(=O)O. The molecule has 0 bridgehead atoms. The first kappa shape index (κ1) is 13.6. The van der Waals surface area contributed by atoms with E-state index in [1.807, 2.05) is 32.9 Å². The molecule has 0 aliphatic rings. The van der Waals surface area contributed by atoms with Crippen molar-refractivity contribution in [3.63, 3.8) is 0 Å². The maximum atomic E-state index is 11.3. The van der Waals surface area contributed by atoms with Crippen LogP contribution in [0.5, 0.6) is 0 Å². The van der Waals surface area contributed by atoms with Gasteiger partial charge in [0.1, 0.15) is 5.82 Å². The third-order valence-electron chi connectivity index (χ3n) is 2.79. The number of aromatic carboxylic acids is 1. The number of nitrogens with one attached hydrogen (secondary N) is 1. The number of imidazole rings is 1. The second-order valence-corrected chi connectivity index (χ2v) is 5.75. The van der Waals surface area contributed by atoms with Gasteiger partial charge in [-0.15, -0.1) is 0 Å². The number of H-pyrrole nitrogens is 1. The third kappa shape index (κ3) is 2.63. The van der Waals surface area contributed by atoms with Crippen molar-refractivity contribution in [1.82, 2.24) is 9.97 Å². The highest BCUT2D eigenvalue weighted by Crippen LogP contribution is 2.30. The molecule has 5 heteroatoms. The second-order valence-electron chi connectivity index (χ2n) is 5.34. The van der Waals surface area contributed by atoms with Gasteiger partial charge >= 0.3 is 5.97 Å². The van der Waals surface area contributed by atoms with E-state index in [4.69, 9.17) is 11.6 Å². The fourth-order valence-corrected chi connectivity index (χ4v) is 2.08. The molecule has 0 aliphatic carbocycles. The highest BCUT2D eigenvalue weighted by molar-refractivity contribution is 6.33. The molecular formula is C14H15ClN2O2. The van der Waals surface area contributed by atoms with E-state index in [0.717, 1.165) is 0 Å². The zero-order valence-electron chi connectivity index (χ0n) is 11.0. The lowest BCUT2D eigenvalue weighted by Gasteiger charge is -2.16. The molecule has 0 aliphatic heterocycles. The van der Waals surface area contributed by atoms with Gasteiger partial charge in [0.2, 0.25) is 0 Å². The molecule has 0 fully saturated rings. The van der Waals surface area contributed by atoms with E-state index in [1.165, 1.54) is 0 Å². The maximum Gasteiger partial charge on any atom is 0.356 e. The lowest BCUT2D eigenvalue weighted by Crippen LogP contribution is -2.16. The quantitative estimate of drug-likeness (QED) is 0.880. The number of carbonyl (C=O) groups is 1. The summed E-state index contributed by atoms with van der Waals surface area (Å²) in [5.74, 6) is -0.563. The van der Waals surface area contributed by atoms with Gasteiger partial charge in [-0.2, -0.15) is 0 Å². The van der Waals surface area contributed by atoms with E-state index in [9.17, 15) is 9.90 Å². The van der Waals surface area contributed by atoms with Gasteiger partial charge < -0.3 is 10.1 Å². The first-order valence-electron chi connectivity index (χ1n) is 5.89. The number of aromatic amines is 1. The minimum absolute atomic E-state index is 0.0439. The predicted octanol–water partition coefficient (Wildman–Crippen LogP) is 3.73. The van der Waals surface area contributed by atoms with Crippen LogP contribution in [0.4, 0.5) is 0 Å². The molecule has 0 amide bonds. The van der Waals surface area contributed by atoms with Gasteiger partial charge in [0.15, 0.2) is 5.69 Å². The zero-order valence-corrected chi connectivity index (χ0v) is 11.7. The van der Waals surface area contributed by atoms with Crippen molar-refractivity contribution in [2.75, 3.05) is 0 Å². The largest absolute Gasteiger partial charge is 0.476 e. The predicted molar refractivity (Wildman–Crippen MR) is 74.7 cm³/mol.